The van der Waals surface area contributed by atoms with E-state index in [1.54, 1.807) is 0 Å². The second-order valence-corrected chi connectivity index (χ2v) is 1.12. The second kappa shape index (κ2) is 36.2. The Morgan fingerprint density at radius 3 is 0.364 bits per heavy atom. The molecule has 20 nitrogen and oxygen atoms in total. The first-order chi connectivity index (χ1) is 8.66. The third-order valence-electron chi connectivity index (χ3n) is 0. The van der Waals surface area contributed by atoms with E-state index in [1.807, 2.05) is 0 Å². The summed E-state index contributed by atoms with van der Waals surface area (Å²) in [5, 5.41) is 73.8. The molecular formula is FeN5O15Pd. The largest absolute Gasteiger partial charge is 3.00 e. The first-order valence-electron chi connectivity index (χ1n) is 2.74. The van der Waals surface area contributed by atoms with Crippen LogP contribution in [0, 0.1) is 76.6 Å². The molecular weight excluding hydrogens is 472 g/mol. The van der Waals surface area contributed by atoms with Gasteiger partial charge in [-0.05, 0) is 0 Å². The van der Waals surface area contributed by atoms with Crippen molar-refractivity contribution in [2.45, 2.75) is 0 Å². The van der Waals surface area contributed by atoms with E-state index in [-0.39, 0.29) is 37.5 Å². The smallest absolute Gasteiger partial charge is 0.356 e. The Hall–Kier alpha value is -2.82. The van der Waals surface area contributed by atoms with E-state index in [1.165, 1.54) is 0 Å². The van der Waals surface area contributed by atoms with Gasteiger partial charge in [0.2, 0.25) is 0 Å². The van der Waals surface area contributed by atoms with E-state index in [2.05, 4.69) is 0 Å². The fourth-order valence-electron chi connectivity index (χ4n) is 0. The van der Waals surface area contributed by atoms with Crippen molar-refractivity contribution < 1.29 is 62.9 Å². The van der Waals surface area contributed by atoms with Gasteiger partial charge in [-0.25, -0.2) is 0 Å². The van der Waals surface area contributed by atoms with Gasteiger partial charge >= 0.3 is 37.5 Å². The Labute approximate surface area is 140 Å². The van der Waals surface area contributed by atoms with Crippen molar-refractivity contribution in [3.8, 4) is 0 Å². The van der Waals surface area contributed by atoms with Crippen molar-refractivity contribution >= 4 is 0 Å². The molecule has 0 aromatic heterocycles. The molecule has 0 aromatic rings. The van der Waals surface area contributed by atoms with Gasteiger partial charge < -0.3 is 76.6 Å². The summed E-state index contributed by atoms with van der Waals surface area (Å²) in [7, 11) is 0. The fraction of sp³-hybridized carbons (Fsp3) is 0. The molecule has 0 heterocycles. The Morgan fingerprint density at radius 2 is 0.364 bits per heavy atom. The fourth-order valence-corrected chi connectivity index (χ4v) is 0. The summed E-state index contributed by atoms with van der Waals surface area (Å²) >= 11 is 0. The Balaban J connectivity index is -0.0000000250. The molecule has 0 aliphatic heterocycles. The summed E-state index contributed by atoms with van der Waals surface area (Å²) < 4.78 is 0. The minimum Gasteiger partial charge on any atom is -0.356 e. The van der Waals surface area contributed by atoms with Gasteiger partial charge in [0.05, 0.1) is 25.4 Å². The summed E-state index contributed by atoms with van der Waals surface area (Å²) in [6.07, 6.45) is 0. The maximum absolute atomic E-state index is 8.25. The molecule has 0 aromatic carbocycles. The molecule has 133 valence electrons. The third kappa shape index (κ3) is 566. The number of nitrogens with zero attached hydrogens (tertiary/aromatic N) is 5. The molecule has 0 amide bonds. The number of rotatable bonds is 0. The van der Waals surface area contributed by atoms with Gasteiger partial charge in [0.15, 0.2) is 0 Å². The normalized spacial score (nSPS) is 5.45. The third-order valence-corrected chi connectivity index (χ3v) is 0. The first kappa shape index (κ1) is 42.7. The molecule has 0 saturated carbocycles. The number of hydrogen-bond donors (Lipinski definition) is 0. The zero-order valence-corrected chi connectivity index (χ0v) is 11.7. The van der Waals surface area contributed by atoms with Gasteiger partial charge in [0, 0.05) is 0 Å². The zero-order chi connectivity index (χ0) is 17.9. The van der Waals surface area contributed by atoms with Crippen LogP contribution in [-0.2, 0) is 37.5 Å². The van der Waals surface area contributed by atoms with Crippen molar-refractivity contribution in [1.29, 1.82) is 0 Å². The van der Waals surface area contributed by atoms with E-state index in [4.69, 9.17) is 76.6 Å². The molecule has 0 unspecified atom stereocenters. The van der Waals surface area contributed by atoms with Crippen molar-refractivity contribution in [1.82, 2.24) is 0 Å². The summed E-state index contributed by atoms with van der Waals surface area (Å²) in [6, 6.07) is 0. The first-order valence-corrected chi connectivity index (χ1v) is 2.74. The van der Waals surface area contributed by atoms with Gasteiger partial charge in [-0.2, -0.15) is 0 Å². The van der Waals surface area contributed by atoms with Gasteiger partial charge in [-0.1, -0.05) is 0 Å². The van der Waals surface area contributed by atoms with Crippen LogP contribution in [0.5, 0.6) is 0 Å². The molecule has 1 radical (unpaired) electrons. The van der Waals surface area contributed by atoms with Crippen molar-refractivity contribution in [2.75, 3.05) is 0 Å². The molecule has 22 heteroatoms. The van der Waals surface area contributed by atoms with Crippen LogP contribution in [0.3, 0.4) is 0 Å². The molecule has 0 bridgehead atoms. The maximum Gasteiger partial charge on any atom is 3.00 e. The molecule has 0 aliphatic carbocycles. The minimum atomic E-state index is -1.75. The number of hydrogen-bond acceptors (Lipinski definition) is 15. The average Bonchev–Trinajstić information content (AvgIpc) is 1.94. The molecule has 0 N–H and O–H groups in total. The van der Waals surface area contributed by atoms with Crippen LogP contribution in [0.25, 0.3) is 0 Å². The van der Waals surface area contributed by atoms with Crippen LogP contribution >= 0.6 is 0 Å². The van der Waals surface area contributed by atoms with Gasteiger partial charge in [0.25, 0.3) is 0 Å². The Bertz CT molecular complexity index is 213. The van der Waals surface area contributed by atoms with Crippen LogP contribution in [-0.4, -0.2) is 25.4 Å². The molecule has 0 aliphatic rings. The van der Waals surface area contributed by atoms with E-state index in [9.17, 15) is 0 Å². The summed E-state index contributed by atoms with van der Waals surface area (Å²) in [4.78, 5) is 41.2. The van der Waals surface area contributed by atoms with Gasteiger partial charge in [0.1, 0.15) is 0 Å². The van der Waals surface area contributed by atoms with Crippen molar-refractivity contribution in [3.63, 3.8) is 0 Å². The van der Waals surface area contributed by atoms with Crippen LogP contribution in [0.4, 0.5) is 0 Å². The zero-order valence-electron chi connectivity index (χ0n) is 9.03. The molecule has 0 fully saturated rings. The quantitative estimate of drug-likeness (QED) is 0.227. The maximum atomic E-state index is 8.25. The summed E-state index contributed by atoms with van der Waals surface area (Å²) in [6.45, 7) is 0. The Kier molecular flexibility index (Phi) is 70.3. The van der Waals surface area contributed by atoms with E-state index in [0.29, 0.717) is 0 Å². The predicted molar refractivity (Wildman–Crippen MR) is 51.8 cm³/mol. The summed E-state index contributed by atoms with van der Waals surface area (Å²) in [5.74, 6) is 0. The topological polar surface area (TPSA) is 331 Å². The SMILES string of the molecule is O=[N+]([O-])[O-].O=[N+]([O-])[O-].O=[N+]([O-])[O-].O=[N+]([O-])[O-].O=[N+]([O-])[O-].[Fe+3].[Pd+2]. The minimum absolute atomic E-state index is 0. The molecule has 0 atom stereocenters. The molecule has 0 saturated heterocycles. The van der Waals surface area contributed by atoms with Crippen LogP contribution in [0.2, 0.25) is 0 Å². The molecule has 0 rings (SSSR count). The van der Waals surface area contributed by atoms with E-state index in [0.717, 1.165) is 0 Å². The average molecular weight is 472 g/mol. The van der Waals surface area contributed by atoms with E-state index >= 15 is 0 Å². The Morgan fingerprint density at radius 1 is 0.364 bits per heavy atom. The predicted octanol–water partition coefficient (Wildman–Crippen LogP) is -1.20. The van der Waals surface area contributed by atoms with Crippen LogP contribution in [0.1, 0.15) is 0 Å². The molecule has 0 spiro atoms. The van der Waals surface area contributed by atoms with E-state index < -0.39 is 25.4 Å². The molecule has 22 heavy (non-hydrogen) atoms. The summed E-state index contributed by atoms with van der Waals surface area (Å²) in [5.41, 5.74) is 0. The monoisotopic (exact) mass is 472 g/mol. The second-order valence-electron chi connectivity index (χ2n) is 1.12. The van der Waals surface area contributed by atoms with Crippen molar-refractivity contribution in [2.24, 2.45) is 0 Å². The van der Waals surface area contributed by atoms with Crippen LogP contribution in [0.15, 0.2) is 0 Å². The van der Waals surface area contributed by atoms with Gasteiger partial charge in [-0.3, -0.25) is 0 Å². The van der Waals surface area contributed by atoms with Crippen molar-refractivity contribution in [3.05, 3.63) is 76.6 Å². The van der Waals surface area contributed by atoms with Gasteiger partial charge in [-0.15, -0.1) is 0 Å². The standard InChI is InChI=1S/Fe.5NO3.Pd/c;5*2-1(3)4;/q+3;5*-1;+2. The van der Waals surface area contributed by atoms with Crippen LogP contribution < -0.4 is 0 Å².